The summed E-state index contributed by atoms with van der Waals surface area (Å²) in [6.45, 7) is 0. The summed E-state index contributed by atoms with van der Waals surface area (Å²) in [6.07, 6.45) is 5.72. The van der Waals surface area contributed by atoms with E-state index in [4.69, 9.17) is 0 Å². The number of benzene rings is 1. The number of hydrogen-bond acceptors (Lipinski definition) is 2. The molecule has 0 bridgehead atoms. The Morgan fingerprint density at radius 1 is 1.06 bits per heavy atom. The van der Waals surface area contributed by atoms with E-state index in [2.05, 4.69) is 10.5 Å². The molecular formula is C13H16N2O. The van der Waals surface area contributed by atoms with Crippen molar-refractivity contribution in [2.45, 2.75) is 32.1 Å². The molecule has 0 saturated heterocycles. The van der Waals surface area contributed by atoms with Gasteiger partial charge in [0.25, 0.3) is 5.91 Å². The molecule has 0 unspecified atom stereocenters. The summed E-state index contributed by atoms with van der Waals surface area (Å²) in [4.78, 5) is 11.7. The summed E-state index contributed by atoms with van der Waals surface area (Å²) < 4.78 is 0. The number of carbonyl (C=O) groups is 1. The van der Waals surface area contributed by atoms with Crippen LogP contribution in [0.3, 0.4) is 0 Å². The van der Waals surface area contributed by atoms with Crippen molar-refractivity contribution in [3.63, 3.8) is 0 Å². The first-order valence-electron chi connectivity index (χ1n) is 5.77. The third-order valence-corrected chi connectivity index (χ3v) is 2.78. The molecule has 1 aliphatic carbocycles. The molecule has 3 nitrogen and oxygen atoms in total. The van der Waals surface area contributed by atoms with Gasteiger partial charge in [-0.2, -0.15) is 5.10 Å². The van der Waals surface area contributed by atoms with Gasteiger partial charge in [0.1, 0.15) is 0 Å². The molecule has 84 valence electrons. The minimum atomic E-state index is -0.126. The lowest BCUT2D eigenvalue weighted by Gasteiger charge is -2.11. The fourth-order valence-corrected chi connectivity index (χ4v) is 1.86. The van der Waals surface area contributed by atoms with Crippen LogP contribution in [0.25, 0.3) is 0 Å². The zero-order valence-corrected chi connectivity index (χ0v) is 9.28. The van der Waals surface area contributed by atoms with E-state index < -0.39 is 0 Å². The molecular weight excluding hydrogens is 200 g/mol. The zero-order valence-electron chi connectivity index (χ0n) is 9.28. The highest BCUT2D eigenvalue weighted by molar-refractivity contribution is 5.95. The standard InChI is InChI=1S/C13H16N2O/c16-13(11-7-3-1-4-8-11)15-14-12-9-5-2-6-10-12/h1,3-4,7-8H,2,5-6,9-10H2,(H,15,16). The second-order valence-electron chi connectivity index (χ2n) is 4.05. The summed E-state index contributed by atoms with van der Waals surface area (Å²) in [5.74, 6) is -0.126. The van der Waals surface area contributed by atoms with E-state index in [-0.39, 0.29) is 5.91 Å². The van der Waals surface area contributed by atoms with Gasteiger partial charge in [-0.15, -0.1) is 0 Å². The third kappa shape index (κ3) is 2.92. The second kappa shape index (κ2) is 5.45. The number of nitrogens with zero attached hydrogens (tertiary/aromatic N) is 1. The van der Waals surface area contributed by atoms with Crippen LogP contribution in [0.5, 0.6) is 0 Å². The summed E-state index contributed by atoms with van der Waals surface area (Å²) in [7, 11) is 0. The molecule has 0 spiro atoms. The van der Waals surface area contributed by atoms with Crippen molar-refractivity contribution in [3.05, 3.63) is 35.9 Å². The van der Waals surface area contributed by atoms with E-state index in [1.54, 1.807) is 12.1 Å². The van der Waals surface area contributed by atoms with Gasteiger partial charge in [0.2, 0.25) is 0 Å². The minimum absolute atomic E-state index is 0.126. The fourth-order valence-electron chi connectivity index (χ4n) is 1.86. The number of hydrogen-bond donors (Lipinski definition) is 1. The quantitative estimate of drug-likeness (QED) is 0.759. The first kappa shape index (κ1) is 10.9. The van der Waals surface area contributed by atoms with E-state index in [9.17, 15) is 4.79 Å². The molecule has 1 aromatic carbocycles. The molecule has 3 heteroatoms. The molecule has 1 aromatic rings. The average molecular weight is 216 g/mol. The van der Waals surface area contributed by atoms with Crippen LogP contribution in [0.2, 0.25) is 0 Å². The summed E-state index contributed by atoms with van der Waals surface area (Å²) in [6, 6.07) is 9.17. The fraction of sp³-hybridized carbons (Fsp3) is 0.385. The predicted octanol–water partition coefficient (Wildman–Crippen LogP) is 2.74. The van der Waals surface area contributed by atoms with Crippen LogP contribution < -0.4 is 5.43 Å². The van der Waals surface area contributed by atoms with Crippen molar-refractivity contribution in [1.82, 2.24) is 5.43 Å². The molecule has 1 aliphatic rings. The van der Waals surface area contributed by atoms with Gasteiger partial charge in [-0.05, 0) is 37.8 Å². The second-order valence-corrected chi connectivity index (χ2v) is 4.05. The summed E-state index contributed by atoms with van der Waals surface area (Å²) >= 11 is 0. The lowest BCUT2D eigenvalue weighted by atomic mass is 9.99. The molecule has 1 fully saturated rings. The lowest BCUT2D eigenvalue weighted by Crippen LogP contribution is -2.20. The Kier molecular flexibility index (Phi) is 3.70. The Labute approximate surface area is 95.6 Å². The maximum absolute atomic E-state index is 11.7. The molecule has 1 saturated carbocycles. The van der Waals surface area contributed by atoms with Crippen molar-refractivity contribution < 1.29 is 4.79 Å². The number of hydrazone groups is 1. The highest BCUT2D eigenvalue weighted by atomic mass is 16.2. The highest BCUT2D eigenvalue weighted by Gasteiger charge is 2.08. The van der Waals surface area contributed by atoms with Crippen molar-refractivity contribution in [1.29, 1.82) is 0 Å². The van der Waals surface area contributed by atoms with Crippen molar-refractivity contribution >= 4 is 11.6 Å². The molecule has 2 rings (SSSR count). The van der Waals surface area contributed by atoms with Crippen LogP contribution in [0.1, 0.15) is 42.5 Å². The van der Waals surface area contributed by atoms with Gasteiger partial charge >= 0.3 is 0 Å². The number of nitrogens with one attached hydrogen (secondary N) is 1. The molecule has 0 radical (unpaired) electrons. The average Bonchev–Trinajstić information content (AvgIpc) is 2.38. The molecule has 16 heavy (non-hydrogen) atoms. The first-order valence-corrected chi connectivity index (χ1v) is 5.77. The van der Waals surface area contributed by atoms with Crippen LogP contribution in [0, 0.1) is 0 Å². The monoisotopic (exact) mass is 216 g/mol. The van der Waals surface area contributed by atoms with Crippen LogP contribution in [-0.4, -0.2) is 11.6 Å². The van der Waals surface area contributed by atoms with Crippen molar-refractivity contribution in [2.24, 2.45) is 5.10 Å². The van der Waals surface area contributed by atoms with Crippen LogP contribution in [-0.2, 0) is 0 Å². The topological polar surface area (TPSA) is 41.5 Å². The van der Waals surface area contributed by atoms with E-state index in [0.29, 0.717) is 5.56 Å². The molecule has 1 N–H and O–H groups in total. The van der Waals surface area contributed by atoms with Gasteiger partial charge in [0.15, 0.2) is 0 Å². The normalized spacial score (nSPS) is 15.6. The molecule has 0 aliphatic heterocycles. The third-order valence-electron chi connectivity index (χ3n) is 2.78. The predicted molar refractivity (Wildman–Crippen MR) is 64.4 cm³/mol. The Morgan fingerprint density at radius 2 is 1.75 bits per heavy atom. The summed E-state index contributed by atoms with van der Waals surface area (Å²) in [5.41, 5.74) is 4.39. The van der Waals surface area contributed by atoms with Crippen LogP contribution in [0.4, 0.5) is 0 Å². The maximum atomic E-state index is 11.7. The summed E-state index contributed by atoms with van der Waals surface area (Å²) in [5, 5.41) is 4.18. The van der Waals surface area contributed by atoms with Crippen LogP contribution in [0.15, 0.2) is 35.4 Å². The Morgan fingerprint density at radius 3 is 2.44 bits per heavy atom. The molecule has 1 amide bonds. The van der Waals surface area contributed by atoms with Crippen molar-refractivity contribution in [2.75, 3.05) is 0 Å². The van der Waals surface area contributed by atoms with Gasteiger partial charge < -0.3 is 0 Å². The van der Waals surface area contributed by atoms with Gasteiger partial charge in [-0.25, -0.2) is 5.43 Å². The number of rotatable bonds is 2. The van der Waals surface area contributed by atoms with E-state index in [1.165, 1.54) is 19.3 Å². The lowest BCUT2D eigenvalue weighted by molar-refractivity contribution is 0.0954. The Bertz CT molecular complexity index is 376. The zero-order chi connectivity index (χ0) is 11.2. The molecule has 0 aromatic heterocycles. The Hall–Kier alpha value is -1.64. The minimum Gasteiger partial charge on any atom is -0.267 e. The highest BCUT2D eigenvalue weighted by Crippen LogP contribution is 2.14. The van der Waals surface area contributed by atoms with Crippen LogP contribution >= 0.6 is 0 Å². The van der Waals surface area contributed by atoms with Gasteiger partial charge in [-0.1, -0.05) is 24.6 Å². The Balaban J connectivity index is 1.92. The van der Waals surface area contributed by atoms with Gasteiger partial charge in [0.05, 0.1) is 0 Å². The first-order chi connectivity index (χ1) is 7.86. The van der Waals surface area contributed by atoms with Crippen molar-refractivity contribution in [3.8, 4) is 0 Å². The van der Waals surface area contributed by atoms with Gasteiger partial charge in [-0.3, -0.25) is 4.79 Å². The van der Waals surface area contributed by atoms with Gasteiger partial charge in [0, 0.05) is 11.3 Å². The SMILES string of the molecule is O=C(NN=C1CCCCC1)c1ccccc1. The molecule has 0 atom stereocenters. The largest absolute Gasteiger partial charge is 0.271 e. The van der Waals surface area contributed by atoms with E-state index >= 15 is 0 Å². The van der Waals surface area contributed by atoms with E-state index in [0.717, 1.165) is 18.6 Å². The molecule has 0 heterocycles. The maximum Gasteiger partial charge on any atom is 0.271 e. The number of amides is 1. The number of carbonyl (C=O) groups excluding carboxylic acids is 1. The smallest absolute Gasteiger partial charge is 0.267 e. The van der Waals surface area contributed by atoms with E-state index in [1.807, 2.05) is 18.2 Å².